The standard InChI is InChI=1S/C28H28F12N2O3.ClH/c29-25(30,31)19-5-1-17(2-6-19)21-13-41(9-11-43-21)15-23(27(35,36)37)45-24(28(38,39)40)16-42-10-12-44-22(14-42)18-3-7-20(8-4-18)26(32,33)34;/h1-8,21-24H,9-16H2;1H/t21?,22?,23-,24-;/m0./s1. The number of alkyl halides is 12. The molecule has 0 saturated carbocycles. The molecule has 2 aliphatic heterocycles. The molecule has 2 aliphatic rings. The highest BCUT2D eigenvalue weighted by Gasteiger charge is 2.50. The lowest BCUT2D eigenvalue weighted by Crippen LogP contribution is -2.53. The molecule has 0 aliphatic carbocycles. The van der Waals surface area contributed by atoms with E-state index in [1.165, 1.54) is 9.80 Å². The highest BCUT2D eigenvalue weighted by Crippen LogP contribution is 2.35. The average molecular weight is 705 g/mol. The molecular weight excluding hydrogens is 676 g/mol. The van der Waals surface area contributed by atoms with Gasteiger partial charge in [0.15, 0.2) is 12.2 Å². The van der Waals surface area contributed by atoms with Crippen molar-refractivity contribution in [3.8, 4) is 0 Å². The third-order valence-electron chi connectivity index (χ3n) is 7.43. The van der Waals surface area contributed by atoms with E-state index in [9.17, 15) is 52.7 Å². The molecule has 0 amide bonds. The fourth-order valence-electron chi connectivity index (χ4n) is 5.03. The van der Waals surface area contributed by atoms with Gasteiger partial charge in [-0.1, -0.05) is 24.3 Å². The van der Waals surface area contributed by atoms with Gasteiger partial charge in [-0.3, -0.25) is 9.80 Å². The number of rotatable bonds is 8. The first-order chi connectivity index (χ1) is 20.8. The summed E-state index contributed by atoms with van der Waals surface area (Å²) in [5.41, 5.74) is -1.37. The van der Waals surface area contributed by atoms with Crippen LogP contribution in [0, 0.1) is 0 Å². The van der Waals surface area contributed by atoms with E-state index in [2.05, 4.69) is 0 Å². The third-order valence-corrected chi connectivity index (χ3v) is 7.43. The second-order valence-electron chi connectivity index (χ2n) is 10.7. The molecule has 0 N–H and O–H groups in total. The predicted octanol–water partition coefficient (Wildman–Crippen LogP) is 7.47. The SMILES string of the molecule is Cl.FC(F)(F)c1ccc(C2CN(C[C@H](O[C@@H](CN3CCOC(c4ccc(C(F)(F)F)cc4)C3)C(F)(F)F)C(F)(F)F)CCO2)cc1. The quantitative estimate of drug-likeness (QED) is 0.267. The molecule has 4 atom stereocenters. The van der Waals surface area contributed by atoms with E-state index in [4.69, 9.17) is 14.2 Å². The number of morpholine rings is 2. The summed E-state index contributed by atoms with van der Waals surface area (Å²) in [6.07, 6.45) is -27.2. The van der Waals surface area contributed by atoms with Crippen LogP contribution in [0.15, 0.2) is 48.5 Å². The van der Waals surface area contributed by atoms with Gasteiger partial charge in [0.25, 0.3) is 0 Å². The number of nitrogens with zero attached hydrogens (tertiary/aromatic N) is 2. The molecule has 2 heterocycles. The van der Waals surface area contributed by atoms with Crippen molar-refractivity contribution >= 4 is 12.4 Å². The first-order valence-corrected chi connectivity index (χ1v) is 13.6. The van der Waals surface area contributed by atoms with Crippen molar-refractivity contribution in [3.05, 3.63) is 70.8 Å². The van der Waals surface area contributed by atoms with Crippen LogP contribution in [0.4, 0.5) is 52.7 Å². The third kappa shape index (κ3) is 10.3. The Kier molecular flexibility index (Phi) is 12.3. The van der Waals surface area contributed by atoms with E-state index in [-0.39, 0.29) is 62.9 Å². The highest BCUT2D eigenvalue weighted by molar-refractivity contribution is 5.85. The van der Waals surface area contributed by atoms with Crippen molar-refractivity contribution in [3.63, 3.8) is 0 Å². The summed E-state index contributed by atoms with van der Waals surface area (Å²) >= 11 is 0. The van der Waals surface area contributed by atoms with Crippen molar-refractivity contribution in [2.45, 2.75) is 49.1 Å². The van der Waals surface area contributed by atoms with Crippen molar-refractivity contribution in [1.82, 2.24) is 9.80 Å². The molecule has 2 aromatic carbocycles. The van der Waals surface area contributed by atoms with Gasteiger partial charge < -0.3 is 14.2 Å². The van der Waals surface area contributed by atoms with E-state index in [0.717, 1.165) is 48.5 Å². The molecule has 0 bridgehead atoms. The molecule has 2 unspecified atom stereocenters. The number of hydrogen-bond donors (Lipinski definition) is 0. The molecule has 2 aromatic rings. The molecular formula is C28H29ClF12N2O3. The number of ether oxygens (including phenoxy) is 3. The summed E-state index contributed by atoms with van der Waals surface area (Å²) in [6.45, 7) is -2.91. The van der Waals surface area contributed by atoms with Crippen molar-refractivity contribution in [2.24, 2.45) is 0 Å². The van der Waals surface area contributed by atoms with E-state index in [1.54, 1.807) is 0 Å². The van der Waals surface area contributed by atoms with Gasteiger partial charge in [-0.05, 0) is 35.4 Å². The van der Waals surface area contributed by atoms with Crippen LogP contribution in [0.25, 0.3) is 0 Å². The zero-order valence-electron chi connectivity index (χ0n) is 23.6. The van der Waals surface area contributed by atoms with E-state index in [0.29, 0.717) is 0 Å². The Morgan fingerprint density at radius 2 is 0.913 bits per heavy atom. The van der Waals surface area contributed by atoms with Crippen LogP contribution in [0.5, 0.6) is 0 Å². The molecule has 4 rings (SSSR count). The van der Waals surface area contributed by atoms with E-state index >= 15 is 0 Å². The Morgan fingerprint density at radius 3 is 1.20 bits per heavy atom. The minimum atomic E-state index is -5.21. The van der Waals surface area contributed by atoms with Crippen molar-refractivity contribution in [1.29, 1.82) is 0 Å². The van der Waals surface area contributed by atoms with Crippen molar-refractivity contribution < 1.29 is 66.9 Å². The monoisotopic (exact) mass is 704 g/mol. The maximum atomic E-state index is 14.0. The summed E-state index contributed by atoms with van der Waals surface area (Å²) in [6, 6.07) is 7.65. The Bertz CT molecular complexity index is 1140. The van der Waals surface area contributed by atoms with Gasteiger partial charge in [-0.25, -0.2) is 0 Å². The molecule has 2 saturated heterocycles. The topological polar surface area (TPSA) is 34.2 Å². The fourth-order valence-corrected chi connectivity index (χ4v) is 5.03. The van der Waals surface area contributed by atoms with Crippen LogP contribution in [-0.2, 0) is 26.6 Å². The first-order valence-electron chi connectivity index (χ1n) is 13.6. The second kappa shape index (κ2) is 14.8. The van der Waals surface area contributed by atoms with Gasteiger partial charge in [0, 0.05) is 39.3 Å². The highest BCUT2D eigenvalue weighted by atomic mass is 35.5. The zero-order chi connectivity index (χ0) is 33.2. The molecule has 0 radical (unpaired) electrons. The van der Waals surface area contributed by atoms with E-state index < -0.39 is 73.3 Å². The Hall–Kier alpha value is -2.31. The number of hydrogen-bond acceptors (Lipinski definition) is 5. The molecule has 260 valence electrons. The lowest BCUT2D eigenvalue weighted by atomic mass is 10.0. The molecule has 2 fully saturated rings. The van der Waals surface area contributed by atoms with Gasteiger partial charge in [-0.2, -0.15) is 52.7 Å². The van der Waals surface area contributed by atoms with Crippen LogP contribution < -0.4 is 0 Å². The summed E-state index contributed by atoms with van der Waals surface area (Å²) in [5.74, 6) is 0. The lowest BCUT2D eigenvalue weighted by molar-refractivity contribution is -0.292. The Morgan fingerprint density at radius 1 is 0.587 bits per heavy atom. The number of halogens is 13. The van der Waals surface area contributed by atoms with Crippen molar-refractivity contribution in [2.75, 3.05) is 52.5 Å². The smallest absolute Gasteiger partial charge is 0.371 e. The normalized spacial score (nSPS) is 22.3. The van der Waals surface area contributed by atoms with Gasteiger partial charge >= 0.3 is 24.7 Å². The molecule has 5 nitrogen and oxygen atoms in total. The minimum absolute atomic E-state index is 0. The summed E-state index contributed by atoms with van der Waals surface area (Å²) in [5, 5.41) is 0. The van der Waals surface area contributed by atoms with Gasteiger partial charge in [0.1, 0.15) is 0 Å². The van der Waals surface area contributed by atoms with Crippen LogP contribution in [0.1, 0.15) is 34.5 Å². The largest absolute Gasteiger partial charge is 0.416 e. The maximum Gasteiger partial charge on any atom is 0.416 e. The zero-order valence-corrected chi connectivity index (χ0v) is 24.5. The predicted molar refractivity (Wildman–Crippen MR) is 141 cm³/mol. The minimum Gasteiger partial charge on any atom is -0.371 e. The summed E-state index contributed by atoms with van der Waals surface area (Å²) in [7, 11) is 0. The Labute approximate surface area is 261 Å². The molecule has 46 heavy (non-hydrogen) atoms. The lowest BCUT2D eigenvalue weighted by Gasteiger charge is -2.39. The second-order valence-corrected chi connectivity index (χ2v) is 10.7. The maximum absolute atomic E-state index is 14.0. The molecule has 0 aromatic heterocycles. The van der Waals surface area contributed by atoms with Crippen LogP contribution >= 0.6 is 12.4 Å². The van der Waals surface area contributed by atoms with E-state index in [1.807, 2.05) is 0 Å². The summed E-state index contributed by atoms with van der Waals surface area (Å²) < 4.78 is 177. The first kappa shape index (κ1) is 38.1. The summed E-state index contributed by atoms with van der Waals surface area (Å²) in [4.78, 5) is 2.35. The van der Waals surface area contributed by atoms with Crippen LogP contribution in [-0.4, -0.2) is 86.8 Å². The van der Waals surface area contributed by atoms with Gasteiger partial charge in [0.2, 0.25) is 0 Å². The Balaban J connectivity index is 0.00000576. The molecule has 18 heteroatoms. The van der Waals surface area contributed by atoms with Crippen LogP contribution in [0.2, 0.25) is 0 Å². The van der Waals surface area contributed by atoms with Gasteiger partial charge in [0.05, 0.1) is 36.5 Å². The average Bonchev–Trinajstić information content (AvgIpc) is 2.95. The van der Waals surface area contributed by atoms with Gasteiger partial charge in [-0.15, -0.1) is 12.4 Å². The number of benzene rings is 2. The molecule has 0 spiro atoms. The fraction of sp³-hybridized carbons (Fsp3) is 0.571. The van der Waals surface area contributed by atoms with Crippen LogP contribution in [0.3, 0.4) is 0 Å².